The van der Waals surface area contributed by atoms with Crippen molar-refractivity contribution in [2.24, 2.45) is 13.0 Å². The number of ether oxygens (including phenoxy) is 1. The van der Waals surface area contributed by atoms with E-state index in [0.29, 0.717) is 35.2 Å². The monoisotopic (exact) mass is 513 g/mol. The number of nitrogens with zero attached hydrogens (tertiary/aromatic N) is 5. The summed E-state index contributed by atoms with van der Waals surface area (Å²) in [5.74, 6) is -1.06. The van der Waals surface area contributed by atoms with E-state index in [1.165, 1.54) is 6.07 Å². The van der Waals surface area contributed by atoms with Gasteiger partial charge in [-0.3, -0.25) is 4.98 Å². The average molecular weight is 514 g/mol. The Bertz CT molecular complexity index is 1660. The SMILES string of the molecule is C=C(C)c1c(F)cc2c3ncc(-c4c(C)nnn4C)cc3n([C@H](c3ccccc3)C3CCOCC3)c2c1F. The van der Waals surface area contributed by atoms with Gasteiger partial charge in [-0.15, -0.1) is 5.10 Å². The van der Waals surface area contributed by atoms with E-state index in [1.54, 1.807) is 17.8 Å². The minimum atomic E-state index is -0.638. The molecule has 0 spiro atoms. The third-order valence-electron chi connectivity index (χ3n) is 7.64. The van der Waals surface area contributed by atoms with Crippen LogP contribution in [0.2, 0.25) is 0 Å². The van der Waals surface area contributed by atoms with Crippen LogP contribution in [0.4, 0.5) is 8.78 Å². The molecule has 194 valence electrons. The predicted molar refractivity (Wildman–Crippen MR) is 145 cm³/mol. The fourth-order valence-corrected chi connectivity index (χ4v) is 5.97. The standard InChI is InChI=1S/C30H29F2N5O/c1-17(2)25-23(31)15-22-27-24(14-21(16-33-27)28-18(3)34-35-36(28)4)37(30(22)26(25)32)29(19-8-6-5-7-9-19)20-10-12-38-13-11-20/h5-9,14-16,20,29H,1,10-13H2,2-4H3/t29-/m1/s1. The van der Waals surface area contributed by atoms with E-state index in [-0.39, 0.29) is 17.5 Å². The Morgan fingerprint density at radius 3 is 2.53 bits per heavy atom. The first-order chi connectivity index (χ1) is 18.4. The van der Waals surface area contributed by atoms with Gasteiger partial charge in [0.1, 0.15) is 5.82 Å². The van der Waals surface area contributed by atoms with Crippen molar-refractivity contribution in [1.29, 1.82) is 0 Å². The molecule has 0 amide bonds. The van der Waals surface area contributed by atoms with Crippen LogP contribution >= 0.6 is 0 Å². The van der Waals surface area contributed by atoms with Gasteiger partial charge in [0.05, 0.1) is 39.5 Å². The number of aryl methyl sites for hydroxylation is 2. The van der Waals surface area contributed by atoms with Crippen molar-refractivity contribution in [3.63, 3.8) is 0 Å². The molecule has 6 rings (SSSR count). The van der Waals surface area contributed by atoms with E-state index in [0.717, 1.165) is 40.9 Å². The molecular formula is C30H29F2N5O. The van der Waals surface area contributed by atoms with Crippen molar-refractivity contribution in [1.82, 2.24) is 24.5 Å². The highest BCUT2D eigenvalue weighted by molar-refractivity contribution is 6.08. The molecule has 1 aliphatic rings. The van der Waals surface area contributed by atoms with Gasteiger partial charge in [0.15, 0.2) is 5.82 Å². The van der Waals surface area contributed by atoms with Crippen LogP contribution in [0.5, 0.6) is 0 Å². The number of benzene rings is 2. The molecule has 38 heavy (non-hydrogen) atoms. The van der Waals surface area contributed by atoms with Gasteiger partial charge < -0.3 is 9.30 Å². The summed E-state index contributed by atoms with van der Waals surface area (Å²) in [6.45, 7) is 8.66. The van der Waals surface area contributed by atoms with Gasteiger partial charge in [0, 0.05) is 37.4 Å². The molecule has 4 heterocycles. The minimum Gasteiger partial charge on any atom is -0.381 e. The van der Waals surface area contributed by atoms with Gasteiger partial charge in [-0.2, -0.15) is 0 Å². The van der Waals surface area contributed by atoms with E-state index >= 15 is 8.78 Å². The number of pyridine rings is 1. The second kappa shape index (κ2) is 9.44. The van der Waals surface area contributed by atoms with Crippen molar-refractivity contribution in [3.8, 4) is 11.3 Å². The lowest BCUT2D eigenvalue weighted by Gasteiger charge is -2.33. The van der Waals surface area contributed by atoms with Gasteiger partial charge >= 0.3 is 0 Å². The largest absolute Gasteiger partial charge is 0.381 e. The zero-order valence-corrected chi connectivity index (χ0v) is 21.7. The lowest BCUT2D eigenvalue weighted by atomic mass is 9.86. The Balaban J connectivity index is 1.75. The Kier molecular flexibility index (Phi) is 6.07. The number of hydrogen-bond donors (Lipinski definition) is 0. The first-order valence-corrected chi connectivity index (χ1v) is 12.8. The fraction of sp³-hybridized carbons (Fsp3) is 0.300. The molecular weight excluding hydrogens is 484 g/mol. The second-order valence-corrected chi connectivity index (χ2v) is 10.1. The quantitative estimate of drug-likeness (QED) is 0.265. The Morgan fingerprint density at radius 1 is 1.13 bits per heavy atom. The van der Waals surface area contributed by atoms with Crippen LogP contribution in [-0.2, 0) is 11.8 Å². The molecule has 0 radical (unpaired) electrons. The van der Waals surface area contributed by atoms with Crippen molar-refractivity contribution < 1.29 is 13.5 Å². The normalized spacial score (nSPS) is 15.4. The van der Waals surface area contributed by atoms with Crippen LogP contribution in [-0.4, -0.2) is 37.8 Å². The van der Waals surface area contributed by atoms with Crippen LogP contribution in [0.25, 0.3) is 38.8 Å². The summed E-state index contributed by atoms with van der Waals surface area (Å²) in [4.78, 5) is 4.78. The average Bonchev–Trinajstić information content (AvgIpc) is 3.41. The third kappa shape index (κ3) is 3.82. The van der Waals surface area contributed by atoms with Crippen LogP contribution < -0.4 is 0 Å². The molecule has 6 nitrogen and oxygen atoms in total. The molecule has 1 atom stereocenters. The Labute approximate surface area is 219 Å². The predicted octanol–water partition coefficient (Wildman–Crippen LogP) is 6.62. The fourth-order valence-electron chi connectivity index (χ4n) is 5.97. The second-order valence-electron chi connectivity index (χ2n) is 10.1. The van der Waals surface area contributed by atoms with Gasteiger partial charge in [-0.05, 0) is 55.9 Å². The van der Waals surface area contributed by atoms with E-state index in [9.17, 15) is 0 Å². The van der Waals surface area contributed by atoms with Crippen LogP contribution in [0, 0.1) is 24.5 Å². The molecule has 1 saturated heterocycles. The Morgan fingerprint density at radius 2 is 1.87 bits per heavy atom. The van der Waals surface area contributed by atoms with Crippen molar-refractivity contribution in [2.45, 2.75) is 32.7 Å². The van der Waals surface area contributed by atoms with Crippen LogP contribution in [0.1, 0.15) is 42.6 Å². The maximum atomic E-state index is 16.4. The van der Waals surface area contributed by atoms with Crippen LogP contribution in [0.3, 0.4) is 0 Å². The van der Waals surface area contributed by atoms with Crippen molar-refractivity contribution >= 4 is 27.5 Å². The number of halogens is 2. The first kappa shape index (κ1) is 24.4. The Hall–Kier alpha value is -3.91. The molecule has 0 saturated carbocycles. The summed E-state index contributed by atoms with van der Waals surface area (Å²) in [6, 6.07) is 13.3. The molecule has 5 aromatic rings. The highest BCUT2D eigenvalue weighted by Gasteiger charge is 2.32. The topological polar surface area (TPSA) is 57.8 Å². The van der Waals surface area contributed by atoms with E-state index < -0.39 is 11.6 Å². The van der Waals surface area contributed by atoms with Gasteiger partial charge in [0.25, 0.3) is 0 Å². The van der Waals surface area contributed by atoms with E-state index in [2.05, 4.69) is 29.0 Å². The number of aromatic nitrogens is 5. The number of rotatable bonds is 5. The summed E-state index contributed by atoms with van der Waals surface area (Å²) in [6.07, 6.45) is 3.38. The maximum absolute atomic E-state index is 16.4. The first-order valence-electron chi connectivity index (χ1n) is 12.8. The highest BCUT2D eigenvalue weighted by atomic mass is 19.1. The van der Waals surface area contributed by atoms with Gasteiger partial charge in [0.2, 0.25) is 0 Å². The number of allylic oxidation sites excluding steroid dienone is 1. The molecule has 0 bridgehead atoms. The van der Waals surface area contributed by atoms with E-state index in [1.807, 2.05) is 42.8 Å². The van der Waals surface area contributed by atoms with Gasteiger partial charge in [-0.25, -0.2) is 13.5 Å². The summed E-state index contributed by atoms with van der Waals surface area (Å²) in [7, 11) is 1.83. The summed E-state index contributed by atoms with van der Waals surface area (Å²) in [5.41, 5.74) is 5.33. The molecule has 1 fully saturated rings. The lowest BCUT2D eigenvalue weighted by Crippen LogP contribution is -2.27. The zero-order valence-electron chi connectivity index (χ0n) is 21.7. The van der Waals surface area contributed by atoms with Gasteiger partial charge in [-0.1, -0.05) is 42.1 Å². The molecule has 0 N–H and O–H groups in total. The molecule has 8 heteroatoms. The molecule has 0 unspecified atom stereocenters. The molecule has 3 aromatic heterocycles. The molecule has 1 aliphatic heterocycles. The number of fused-ring (bicyclic) bond motifs is 3. The van der Waals surface area contributed by atoms with Crippen molar-refractivity contribution in [3.05, 3.63) is 83.7 Å². The highest BCUT2D eigenvalue weighted by Crippen LogP contribution is 2.43. The zero-order chi connectivity index (χ0) is 26.6. The number of hydrogen-bond acceptors (Lipinski definition) is 4. The molecule has 0 aliphatic carbocycles. The third-order valence-corrected chi connectivity index (χ3v) is 7.64. The van der Waals surface area contributed by atoms with E-state index in [4.69, 9.17) is 9.72 Å². The molecule has 2 aromatic carbocycles. The maximum Gasteiger partial charge on any atom is 0.157 e. The van der Waals surface area contributed by atoms with Crippen molar-refractivity contribution in [2.75, 3.05) is 13.2 Å². The summed E-state index contributed by atoms with van der Waals surface area (Å²) in [5, 5.41) is 8.79. The van der Waals surface area contributed by atoms with Crippen LogP contribution in [0.15, 0.2) is 55.2 Å². The summed E-state index contributed by atoms with van der Waals surface area (Å²) >= 11 is 0. The lowest BCUT2D eigenvalue weighted by molar-refractivity contribution is 0.0552. The minimum absolute atomic E-state index is 0.0905. The smallest absolute Gasteiger partial charge is 0.157 e. The summed E-state index contributed by atoms with van der Waals surface area (Å²) < 4.78 is 41.1.